The van der Waals surface area contributed by atoms with Crippen molar-refractivity contribution in [1.82, 2.24) is 0 Å². The van der Waals surface area contributed by atoms with Gasteiger partial charge in [0.1, 0.15) is 0 Å². The summed E-state index contributed by atoms with van der Waals surface area (Å²) in [5.41, 5.74) is 8.86. The lowest BCUT2D eigenvalue weighted by molar-refractivity contribution is 0.257. The molecule has 0 aromatic heterocycles. The van der Waals surface area contributed by atoms with Gasteiger partial charge >= 0.3 is 42.8 Å². The van der Waals surface area contributed by atoms with E-state index in [1.807, 2.05) is 80.3 Å². The summed E-state index contributed by atoms with van der Waals surface area (Å²) >= 11 is 0. The maximum Gasteiger partial charge on any atom is 0.382 e. The number of benzene rings is 2. The van der Waals surface area contributed by atoms with Gasteiger partial charge in [0.15, 0.2) is 0 Å². The van der Waals surface area contributed by atoms with Crippen LogP contribution in [0.1, 0.15) is 0 Å². The van der Waals surface area contributed by atoms with Crippen LogP contribution in [-0.4, -0.2) is 42.8 Å². The molecule has 184 valence electrons. The molecule has 0 bridgehead atoms. The predicted molar refractivity (Wildman–Crippen MR) is 155 cm³/mol. The molecule has 3 rings (SSSR count). The second kappa shape index (κ2) is 10.6. The van der Waals surface area contributed by atoms with Gasteiger partial charge in [0.2, 0.25) is 0 Å². The Hall–Kier alpha value is -1.98. The molecule has 1 saturated heterocycles. The third-order valence-electron chi connectivity index (χ3n) is 5.82. The summed E-state index contributed by atoms with van der Waals surface area (Å²) in [5, 5.41) is 1.78. The van der Waals surface area contributed by atoms with Crippen molar-refractivity contribution in [2.24, 2.45) is 0 Å². The highest BCUT2D eigenvalue weighted by molar-refractivity contribution is 7.05. The van der Waals surface area contributed by atoms with Gasteiger partial charge in [0, 0.05) is 0 Å². The Morgan fingerprint density at radius 3 is 1.06 bits per heavy atom. The summed E-state index contributed by atoms with van der Waals surface area (Å²) in [4.78, 5) is 0. The van der Waals surface area contributed by atoms with Crippen LogP contribution in [0.5, 0.6) is 0 Å². The molecule has 1 aliphatic rings. The van der Waals surface area contributed by atoms with E-state index in [0.717, 1.165) is 10.4 Å². The highest BCUT2D eigenvalue weighted by Crippen LogP contribution is 2.33. The molecule has 35 heavy (non-hydrogen) atoms. The molecule has 5 nitrogen and oxygen atoms in total. The van der Waals surface area contributed by atoms with Gasteiger partial charge in [-0.3, -0.25) is 0 Å². The molecule has 0 N–H and O–H groups in total. The molecule has 4 atom stereocenters. The minimum absolute atomic E-state index is 0.892. The van der Waals surface area contributed by atoms with Crippen molar-refractivity contribution >= 4 is 53.2 Å². The van der Waals surface area contributed by atoms with E-state index in [-0.39, 0.29) is 0 Å². The lowest BCUT2D eigenvalue weighted by atomic mass is 10.4. The summed E-state index contributed by atoms with van der Waals surface area (Å²) < 4.78 is 34.5. The molecular weight excluding hydrogens is 521 g/mol. The Balaban J connectivity index is 2.38. The van der Waals surface area contributed by atoms with E-state index < -0.39 is 42.8 Å². The van der Waals surface area contributed by atoms with Crippen molar-refractivity contribution in [1.29, 1.82) is 0 Å². The third kappa shape index (κ3) is 5.72. The largest absolute Gasteiger partial charge is 0.410 e. The summed E-state index contributed by atoms with van der Waals surface area (Å²) in [7, 11) is -16.0. The number of rotatable bonds is 7. The van der Waals surface area contributed by atoms with E-state index in [2.05, 4.69) is 32.9 Å². The average Bonchev–Trinajstić information content (AvgIpc) is 2.88. The predicted octanol–water partition coefficient (Wildman–Crippen LogP) is 4.62. The van der Waals surface area contributed by atoms with E-state index in [4.69, 9.17) is 20.6 Å². The second-order valence-electron chi connectivity index (χ2n) is 8.65. The molecule has 0 saturated carbocycles. The van der Waals surface area contributed by atoms with Crippen LogP contribution in [0.25, 0.3) is 0 Å². The van der Waals surface area contributed by atoms with E-state index >= 15 is 0 Å². The van der Waals surface area contributed by atoms with Crippen molar-refractivity contribution in [3.05, 3.63) is 122 Å². The topological polar surface area (TPSA) is 46.2 Å². The Morgan fingerprint density at radius 2 is 0.771 bits per heavy atom. The molecule has 4 unspecified atom stereocenters. The number of hydrogen-bond donors (Lipinski definition) is 0. The summed E-state index contributed by atoms with van der Waals surface area (Å²) in [6.45, 7) is 26.4. The van der Waals surface area contributed by atoms with Crippen molar-refractivity contribution in [2.45, 2.75) is 19.6 Å². The van der Waals surface area contributed by atoms with E-state index in [1.165, 1.54) is 0 Å². The van der Waals surface area contributed by atoms with Crippen LogP contribution in [0.2, 0.25) is 19.6 Å². The smallest absolute Gasteiger partial charge is 0.382 e. The van der Waals surface area contributed by atoms with Crippen molar-refractivity contribution < 1.29 is 20.6 Å². The minimum atomic E-state index is -3.40. The first-order valence-electron chi connectivity index (χ1n) is 11.3. The maximum absolute atomic E-state index is 7.17. The fraction of sp³-hybridized carbons (Fsp3) is 0.120. The van der Waals surface area contributed by atoms with Crippen molar-refractivity contribution in [3.63, 3.8) is 0 Å². The van der Waals surface area contributed by atoms with Gasteiger partial charge in [-0.25, -0.2) is 0 Å². The average molecular weight is 555 g/mol. The summed E-state index contributed by atoms with van der Waals surface area (Å²) in [6, 6.07) is 19.7. The van der Waals surface area contributed by atoms with E-state index in [0.29, 0.717) is 0 Å². The summed E-state index contributed by atoms with van der Waals surface area (Å²) in [6.07, 6.45) is 0. The van der Waals surface area contributed by atoms with Gasteiger partial charge in [-0.1, -0.05) is 77.8 Å². The zero-order valence-corrected chi connectivity index (χ0v) is 25.7. The Bertz CT molecular complexity index is 1020. The molecule has 2 aromatic carbocycles. The van der Waals surface area contributed by atoms with Crippen LogP contribution in [0.4, 0.5) is 0 Å². The standard InChI is InChI=1S/C25H34O5Si5/c1-9-31(6)26-32(7,10-2)28-34(12-4,24-20-16-14-17-21-24)30-35(13-5,25-22-18-15-19-23-25)29-33(8,11-3)27-31/h9-23H,1-5H2,6-8H3. The van der Waals surface area contributed by atoms with Gasteiger partial charge in [-0.2, -0.15) is 0 Å². The first kappa shape index (κ1) is 27.6. The van der Waals surface area contributed by atoms with Gasteiger partial charge in [0.25, 0.3) is 0 Å². The first-order valence-corrected chi connectivity index (χ1v) is 22.3. The Kier molecular flexibility index (Phi) is 8.33. The SMILES string of the molecule is C=C[Si]1(C)O[Si](C)(C=C)O[Si](C=C)(c2ccccc2)O[Si](C=C)(c2ccccc2)O[Si](C)(C=C)O1. The van der Waals surface area contributed by atoms with Gasteiger partial charge < -0.3 is 20.6 Å². The highest BCUT2D eigenvalue weighted by Gasteiger charge is 2.58. The van der Waals surface area contributed by atoms with Crippen LogP contribution in [0.15, 0.2) is 122 Å². The molecule has 0 aliphatic carbocycles. The zero-order chi connectivity index (χ0) is 25.8. The minimum Gasteiger partial charge on any atom is -0.410 e. The van der Waals surface area contributed by atoms with Crippen LogP contribution in [-0.2, 0) is 20.6 Å². The van der Waals surface area contributed by atoms with E-state index in [9.17, 15) is 0 Å². The Labute approximate surface area is 214 Å². The lowest BCUT2D eigenvalue weighted by Gasteiger charge is -2.48. The molecule has 0 amide bonds. The zero-order valence-electron chi connectivity index (χ0n) is 20.7. The van der Waals surface area contributed by atoms with Crippen molar-refractivity contribution in [3.8, 4) is 0 Å². The van der Waals surface area contributed by atoms with Crippen LogP contribution in [0, 0.1) is 0 Å². The van der Waals surface area contributed by atoms with E-state index in [1.54, 1.807) is 28.5 Å². The first-order chi connectivity index (χ1) is 16.5. The molecule has 1 fully saturated rings. The van der Waals surface area contributed by atoms with Gasteiger partial charge in [-0.15, -0.1) is 32.9 Å². The molecular formula is C25H34O5Si5. The molecule has 1 heterocycles. The van der Waals surface area contributed by atoms with Gasteiger partial charge in [0.05, 0.1) is 0 Å². The normalized spacial score (nSPS) is 35.9. The monoisotopic (exact) mass is 554 g/mol. The van der Waals surface area contributed by atoms with Crippen molar-refractivity contribution in [2.75, 3.05) is 0 Å². The van der Waals surface area contributed by atoms with Crippen LogP contribution >= 0.6 is 0 Å². The Morgan fingerprint density at radius 1 is 0.457 bits per heavy atom. The molecule has 2 aromatic rings. The molecule has 1 aliphatic heterocycles. The lowest BCUT2D eigenvalue weighted by Crippen LogP contribution is -2.73. The molecule has 10 heteroatoms. The third-order valence-corrected chi connectivity index (χ3v) is 26.0. The van der Waals surface area contributed by atoms with Gasteiger partial charge in [-0.05, 0) is 41.4 Å². The fourth-order valence-corrected chi connectivity index (χ4v) is 26.7. The summed E-state index contributed by atoms with van der Waals surface area (Å²) in [5.74, 6) is 0. The second-order valence-corrected chi connectivity index (χ2v) is 24.7. The molecule has 0 radical (unpaired) electrons. The quantitative estimate of drug-likeness (QED) is 0.467. The highest BCUT2D eigenvalue weighted by atomic mass is 28.5. The molecule has 0 spiro atoms. The van der Waals surface area contributed by atoms with Crippen LogP contribution < -0.4 is 10.4 Å². The maximum atomic E-state index is 7.17. The number of hydrogen-bond acceptors (Lipinski definition) is 5. The van der Waals surface area contributed by atoms with Crippen LogP contribution in [0.3, 0.4) is 0 Å². The fourth-order valence-electron chi connectivity index (χ4n) is 3.97.